The van der Waals surface area contributed by atoms with Crippen molar-refractivity contribution in [1.82, 2.24) is 5.32 Å². The van der Waals surface area contributed by atoms with E-state index in [2.05, 4.69) is 29.2 Å². The Morgan fingerprint density at radius 2 is 2.05 bits per heavy atom. The van der Waals surface area contributed by atoms with Gasteiger partial charge < -0.3 is 15.4 Å². The molecule has 0 saturated carbocycles. The molecule has 0 radical (unpaired) electrons. The van der Waals surface area contributed by atoms with Gasteiger partial charge in [0.2, 0.25) is 0 Å². The number of anilines is 1. The minimum absolute atomic E-state index is 0.0426. The maximum Gasteiger partial charge on any atom is 0.387 e. The van der Waals surface area contributed by atoms with Gasteiger partial charge >= 0.3 is 12.6 Å². The predicted octanol–water partition coefficient (Wildman–Crippen LogP) is 3.76. The molecule has 0 spiro atoms. The zero-order chi connectivity index (χ0) is 15.1. The quantitative estimate of drug-likeness (QED) is 0.836. The van der Waals surface area contributed by atoms with E-state index >= 15 is 0 Å². The molecule has 6 heteroatoms. The van der Waals surface area contributed by atoms with Crippen LogP contribution in [0.5, 0.6) is 5.75 Å². The number of urea groups is 1. The van der Waals surface area contributed by atoms with Gasteiger partial charge in [-0.25, -0.2) is 4.79 Å². The highest BCUT2D eigenvalue weighted by Gasteiger charge is 2.13. The SMILES string of the molecule is Cc1cccc(OC(F)F)c1NC(=O)NCCC(C)C. The van der Waals surface area contributed by atoms with Gasteiger partial charge in [0.05, 0.1) is 5.69 Å². The average Bonchev–Trinajstić information content (AvgIpc) is 2.32. The first-order valence-corrected chi connectivity index (χ1v) is 6.49. The van der Waals surface area contributed by atoms with Crippen molar-refractivity contribution < 1.29 is 18.3 Å². The molecule has 0 aliphatic heterocycles. The molecule has 0 aliphatic rings. The molecule has 2 amide bonds. The molecule has 112 valence electrons. The minimum Gasteiger partial charge on any atom is -0.433 e. The smallest absolute Gasteiger partial charge is 0.387 e. The molecule has 20 heavy (non-hydrogen) atoms. The van der Waals surface area contributed by atoms with Gasteiger partial charge in [-0.3, -0.25) is 0 Å². The number of ether oxygens (including phenoxy) is 1. The van der Waals surface area contributed by atoms with Crippen LogP contribution < -0.4 is 15.4 Å². The van der Waals surface area contributed by atoms with Crippen molar-refractivity contribution >= 4 is 11.7 Å². The van der Waals surface area contributed by atoms with Gasteiger partial charge in [0.15, 0.2) is 0 Å². The van der Waals surface area contributed by atoms with Crippen LogP contribution in [0, 0.1) is 12.8 Å². The Labute approximate surface area is 117 Å². The highest BCUT2D eigenvalue weighted by atomic mass is 19.3. The Morgan fingerprint density at radius 3 is 2.65 bits per heavy atom. The lowest BCUT2D eigenvalue weighted by Gasteiger charge is -2.15. The van der Waals surface area contributed by atoms with Crippen LogP contribution in [0.3, 0.4) is 0 Å². The third-order valence-electron chi connectivity index (χ3n) is 2.70. The van der Waals surface area contributed by atoms with E-state index in [9.17, 15) is 13.6 Å². The number of alkyl halides is 2. The van der Waals surface area contributed by atoms with E-state index in [4.69, 9.17) is 0 Å². The Morgan fingerprint density at radius 1 is 1.35 bits per heavy atom. The molecule has 1 aromatic rings. The van der Waals surface area contributed by atoms with Crippen LogP contribution >= 0.6 is 0 Å². The number of nitrogens with one attached hydrogen (secondary N) is 2. The second-order valence-electron chi connectivity index (χ2n) is 4.89. The molecule has 2 N–H and O–H groups in total. The number of carbonyl (C=O) groups is 1. The highest BCUT2D eigenvalue weighted by molar-refractivity contribution is 5.91. The first-order chi connectivity index (χ1) is 9.40. The largest absolute Gasteiger partial charge is 0.433 e. The summed E-state index contributed by atoms with van der Waals surface area (Å²) >= 11 is 0. The van der Waals surface area contributed by atoms with E-state index in [1.165, 1.54) is 6.07 Å². The van der Waals surface area contributed by atoms with Gasteiger partial charge in [0, 0.05) is 6.54 Å². The van der Waals surface area contributed by atoms with Crippen LogP contribution in [0.2, 0.25) is 0 Å². The van der Waals surface area contributed by atoms with Crippen LogP contribution in [0.25, 0.3) is 0 Å². The summed E-state index contributed by atoms with van der Waals surface area (Å²) in [5.74, 6) is 0.436. The summed E-state index contributed by atoms with van der Waals surface area (Å²) < 4.78 is 29.0. The summed E-state index contributed by atoms with van der Waals surface area (Å²) in [6.07, 6.45) is 0.849. The van der Waals surface area contributed by atoms with Crippen molar-refractivity contribution in [3.05, 3.63) is 23.8 Å². The summed E-state index contributed by atoms with van der Waals surface area (Å²) in [5.41, 5.74) is 0.914. The predicted molar refractivity (Wildman–Crippen MR) is 74.3 cm³/mol. The summed E-state index contributed by atoms with van der Waals surface area (Å²) in [7, 11) is 0. The lowest BCUT2D eigenvalue weighted by atomic mass is 10.1. The fraction of sp³-hybridized carbons (Fsp3) is 0.500. The molecule has 0 aromatic heterocycles. The standard InChI is InChI=1S/C14H20F2N2O2/c1-9(2)7-8-17-14(19)18-12-10(3)5-4-6-11(12)20-13(15)16/h4-6,9,13H,7-8H2,1-3H3,(H2,17,18,19). The van der Waals surface area contributed by atoms with Crippen LogP contribution in [-0.2, 0) is 0 Å². The number of aryl methyl sites for hydroxylation is 1. The zero-order valence-electron chi connectivity index (χ0n) is 11.9. The van der Waals surface area contributed by atoms with Gasteiger partial charge in [0.1, 0.15) is 5.75 Å². The fourth-order valence-corrected chi connectivity index (χ4v) is 1.63. The Bertz CT molecular complexity index is 451. The highest BCUT2D eigenvalue weighted by Crippen LogP contribution is 2.29. The maximum atomic E-state index is 12.3. The summed E-state index contributed by atoms with van der Waals surface area (Å²) in [6.45, 7) is 3.41. The van der Waals surface area contributed by atoms with E-state index in [1.54, 1.807) is 19.1 Å². The maximum absolute atomic E-state index is 12.3. The molecule has 4 nitrogen and oxygen atoms in total. The third kappa shape index (κ3) is 5.42. The van der Waals surface area contributed by atoms with Gasteiger partial charge in [-0.05, 0) is 30.9 Å². The van der Waals surface area contributed by atoms with Gasteiger partial charge in [-0.2, -0.15) is 8.78 Å². The van der Waals surface area contributed by atoms with Crippen molar-refractivity contribution in [2.75, 3.05) is 11.9 Å². The number of hydrogen-bond acceptors (Lipinski definition) is 2. The Hall–Kier alpha value is -1.85. The number of halogens is 2. The summed E-state index contributed by atoms with van der Waals surface area (Å²) in [4.78, 5) is 11.7. The molecular weight excluding hydrogens is 266 g/mol. The molecule has 0 aliphatic carbocycles. The van der Waals surface area contributed by atoms with E-state index in [-0.39, 0.29) is 11.4 Å². The molecule has 0 unspecified atom stereocenters. The van der Waals surface area contributed by atoms with Crippen LogP contribution in [-0.4, -0.2) is 19.2 Å². The van der Waals surface area contributed by atoms with Gasteiger partial charge in [-0.15, -0.1) is 0 Å². The number of benzene rings is 1. The van der Waals surface area contributed by atoms with Crippen LogP contribution in [0.1, 0.15) is 25.8 Å². The van der Waals surface area contributed by atoms with Gasteiger partial charge in [-0.1, -0.05) is 26.0 Å². The number of carbonyl (C=O) groups excluding carboxylic acids is 1. The number of amides is 2. The lowest BCUT2D eigenvalue weighted by Crippen LogP contribution is -2.30. The van der Waals surface area contributed by atoms with E-state index < -0.39 is 12.6 Å². The van der Waals surface area contributed by atoms with Crippen molar-refractivity contribution in [2.45, 2.75) is 33.8 Å². The molecule has 0 bridgehead atoms. The first-order valence-electron chi connectivity index (χ1n) is 6.49. The summed E-state index contributed by atoms with van der Waals surface area (Å²) in [5, 5.41) is 5.23. The molecular formula is C14H20F2N2O2. The van der Waals surface area contributed by atoms with Crippen LogP contribution in [0.4, 0.5) is 19.3 Å². The fourth-order valence-electron chi connectivity index (χ4n) is 1.63. The topological polar surface area (TPSA) is 50.4 Å². The molecule has 0 atom stereocenters. The number of para-hydroxylation sites is 1. The van der Waals surface area contributed by atoms with Crippen molar-refractivity contribution in [1.29, 1.82) is 0 Å². The number of hydrogen-bond donors (Lipinski definition) is 2. The second kappa shape index (κ2) is 7.67. The Balaban J connectivity index is 2.68. The van der Waals surface area contributed by atoms with E-state index in [0.29, 0.717) is 18.0 Å². The van der Waals surface area contributed by atoms with E-state index in [1.807, 2.05) is 0 Å². The number of rotatable bonds is 6. The molecule has 0 fully saturated rings. The third-order valence-corrected chi connectivity index (χ3v) is 2.70. The van der Waals surface area contributed by atoms with Crippen molar-refractivity contribution in [3.8, 4) is 5.75 Å². The van der Waals surface area contributed by atoms with Gasteiger partial charge in [0.25, 0.3) is 0 Å². The monoisotopic (exact) mass is 286 g/mol. The lowest BCUT2D eigenvalue weighted by molar-refractivity contribution is -0.0493. The molecule has 1 aromatic carbocycles. The Kier molecular flexibility index (Phi) is 6.21. The zero-order valence-corrected chi connectivity index (χ0v) is 11.9. The van der Waals surface area contributed by atoms with Crippen molar-refractivity contribution in [2.24, 2.45) is 5.92 Å². The first kappa shape index (κ1) is 16.2. The molecule has 0 heterocycles. The molecule has 0 saturated heterocycles. The molecule has 1 rings (SSSR count). The average molecular weight is 286 g/mol. The van der Waals surface area contributed by atoms with Crippen LogP contribution in [0.15, 0.2) is 18.2 Å². The van der Waals surface area contributed by atoms with E-state index in [0.717, 1.165) is 6.42 Å². The van der Waals surface area contributed by atoms with Crippen molar-refractivity contribution in [3.63, 3.8) is 0 Å². The minimum atomic E-state index is -2.93. The second-order valence-corrected chi connectivity index (χ2v) is 4.89. The summed E-state index contributed by atoms with van der Waals surface area (Å²) in [6, 6.07) is 4.26. The normalized spacial score (nSPS) is 10.8.